The van der Waals surface area contributed by atoms with Crippen molar-refractivity contribution in [3.8, 4) is 11.3 Å². The Morgan fingerprint density at radius 2 is 2.07 bits per heavy atom. The molecule has 4 aromatic rings. The number of benzene rings is 1. The maximum absolute atomic E-state index is 12.8. The van der Waals surface area contributed by atoms with Crippen LogP contribution in [0.1, 0.15) is 35.1 Å². The molecule has 4 heterocycles. The molecule has 0 aliphatic carbocycles. The number of hydrogen-bond acceptors (Lipinski definition) is 7. The van der Waals surface area contributed by atoms with Crippen molar-refractivity contribution in [2.75, 3.05) is 13.1 Å². The highest BCUT2D eigenvalue weighted by Gasteiger charge is 2.18. The summed E-state index contributed by atoms with van der Waals surface area (Å²) in [5.74, 6) is 0.470. The van der Waals surface area contributed by atoms with Gasteiger partial charge in [0.1, 0.15) is 11.5 Å². The second-order valence-electron chi connectivity index (χ2n) is 7.63. The summed E-state index contributed by atoms with van der Waals surface area (Å²) < 4.78 is 3.58. The predicted molar refractivity (Wildman–Crippen MR) is 111 cm³/mol. The third-order valence-corrected chi connectivity index (χ3v) is 5.46. The van der Waals surface area contributed by atoms with Gasteiger partial charge in [0.15, 0.2) is 5.78 Å². The van der Waals surface area contributed by atoms with E-state index in [0.717, 1.165) is 48.1 Å². The number of ketones is 1. The third kappa shape index (κ3) is 3.71. The van der Waals surface area contributed by atoms with Gasteiger partial charge in [0.25, 0.3) is 0 Å². The van der Waals surface area contributed by atoms with Gasteiger partial charge in [-0.05, 0) is 32.0 Å². The van der Waals surface area contributed by atoms with Gasteiger partial charge in [0, 0.05) is 30.4 Å². The molecule has 0 amide bonds. The van der Waals surface area contributed by atoms with Crippen LogP contribution >= 0.6 is 0 Å². The number of fused-ring (bicyclic) bond motifs is 1. The summed E-state index contributed by atoms with van der Waals surface area (Å²) in [5, 5.41) is 16.8. The number of nitrogens with one attached hydrogen (secondary N) is 1. The van der Waals surface area contributed by atoms with E-state index in [1.54, 1.807) is 17.1 Å². The molecule has 30 heavy (non-hydrogen) atoms. The number of aryl methyl sites for hydroxylation is 1. The molecule has 0 radical (unpaired) electrons. The Bertz CT molecular complexity index is 1200. The first-order chi connectivity index (χ1) is 14.7. The van der Waals surface area contributed by atoms with Crippen LogP contribution in [0.2, 0.25) is 0 Å². The first-order valence-electron chi connectivity index (χ1n) is 10.1. The number of nitrogens with zero attached hydrogens (tertiary/aromatic N) is 7. The first kappa shape index (κ1) is 18.6. The highest BCUT2D eigenvalue weighted by Crippen LogP contribution is 2.22. The molecule has 1 aliphatic rings. The van der Waals surface area contributed by atoms with E-state index < -0.39 is 0 Å². The summed E-state index contributed by atoms with van der Waals surface area (Å²) in [6, 6.07) is 6.22. The van der Waals surface area contributed by atoms with Crippen LogP contribution < -0.4 is 5.32 Å². The van der Waals surface area contributed by atoms with E-state index in [9.17, 15) is 4.79 Å². The van der Waals surface area contributed by atoms with Gasteiger partial charge in [-0.15, -0.1) is 5.10 Å². The SMILES string of the molecule is Cn1cc(-c2ccc3cnc(CC(=O)c4cnn(C5CCNCC5)c4)nc3c2)nn1. The van der Waals surface area contributed by atoms with E-state index in [2.05, 4.69) is 30.7 Å². The van der Waals surface area contributed by atoms with Gasteiger partial charge in [0.2, 0.25) is 0 Å². The van der Waals surface area contributed by atoms with Gasteiger partial charge in [-0.3, -0.25) is 14.2 Å². The molecule has 9 nitrogen and oxygen atoms in total. The van der Waals surface area contributed by atoms with Gasteiger partial charge in [-0.1, -0.05) is 17.3 Å². The highest BCUT2D eigenvalue weighted by molar-refractivity contribution is 5.97. The van der Waals surface area contributed by atoms with Crippen molar-refractivity contribution in [1.29, 1.82) is 0 Å². The fraction of sp³-hybridized carbons (Fsp3) is 0.333. The molecule has 5 rings (SSSR count). The second kappa shape index (κ2) is 7.75. The summed E-state index contributed by atoms with van der Waals surface area (Å²) in [4.78, 5) is 21.8. The van der Waals surface area contributed by atoms with Crippen molar-refractivity contribution >= 4 is 16.7 Å². The minimum Gasteiger partial charge on any atom is -0.317 e. The maximum Gasteiger partial charge on any atom is 0.173 e. The van der Waals surface area contributed by atoms with Gasteiger partial charge in [0.05, 0.1) is 35.9 Å². The lowest BCUT2D eigenvalue weighted by Gasteiger charge is -2.22. The van der Waals surface area contributed by atoms with E-state index in [1.807, 2.05) is 42.3 Å². The largest absolute Gasteiger partial charge is 0.317 e. The molecule has 0 bridgehead atoms. The van der Waals surface area contributed by atoms with Gasteiger partial charge >= 0.3 is 0 Å². The Kier molecular flexibility index (Phi) is 4.80. The quantitative estimate of drug-likeness (QED) is 0.509. The lowest BCUT2D eigenvalue weighted by atomic mass is 10.1. The molecule has 0 saturated carbocycles. The zero-order chi connectivity index (χ0) is 20.5. The molecule has 1 aliphatic heterocycles. The topological polar surface area (TPSA) is 103 Å². The molecule has 9 heteroatoms. The number of rotatable bonds is 5. The fourth-order valence-corrected chi connectivity index (χ4v) is 3.78. The molecule has 0 unspecified atom stereocenters. The maximum atomic E-state index is 12.8. The smallest absolute Gasteiger partial charge is 0.173 e. The van der Waals surface area contributed by atoms with E-state index in [1.165, 1.54) is 0 Å². The van der Waals surface area contributed by atoms with Gasteiger partial charge in [-0.2, -0.15) is 5.10 Å². The first-order valence-corrected chi connectivity index (χ1v) is 10.1. The molecular weight excluding hydrogens is 380 g/mol. The van der Waals surface area contributed by atoms with Gasteiger partial charge < -0.3 is 5.32 Å². The zero-order valence-electron chi connectivity index (χ0n) is 16.7. The number of Topliss-reactive ketones (excluding diaryl/α,β-unsaturated/α-hetero) is 1. The lowest BCUT2D eigenvalue weighted by Crippen LogP contribution is -2.29. The number of carbonyl (C=O) groups is 1. The van der Waals surface area contributed by atoms with E-state index in [0.29, 0.717) is 17.4 Å². The van der Waals surface area contributed by atoms with E-state index in [4.69, 9.17) is 0 Å². The minimum absolute atomic E-state index is 0.0281. The summed E-state index contributed by atoms with van der Waals surface area (Å²) in [5.41, 5.74) is 3.09. The Morgan fingerprint density at radius 3 is 2.87 bits per heavy atom. The summed E-state index contributed by atoms with van der Waals surface area (Å²) >= 11 is 0. The van der Waals surface area contributed by atoms with Crippen LogP contribution in [0.3, 0.4) is 0 Å². The van der Waals surface area contributed by atoms with Crippen molar-refractivity contribution in [2.24, 2.45) is 7.05 Å². The fourth-order valence-electron chi connectivity index (χ4n) is 3.78. The Morgan fingerprint density at radius 1 is 1.20 bits per heavy atom. The van der Waals surface area contributed by atoms with Crippen molar-refractivity contribution < 1.29 is 4.79 Å². The van der Waals surface area contributed by atoms with Crippen LogP contribution in [0.5, 0.6) is 0 Å². The molecule has 0 atom stereocenters. The molecule has 1 aromatic carbocycles. The monoisotopic (exact) mass is 402 g/mol. The molecular formula is C21H22N8O. The van der Waals surface area contributed by atoms with E-state index in [-0.39, 0.29) is 12.2 Å². The predicted octanol–water partition coefficient (Wildman–Crippen LogP) is 1.97. The minimum atomic E-state index is -0.0281. The number of piperidine rings is 1. The van der Waals surface area contributed by atoms with Crippen LogP contribution in [0.25, 0.3) is 22.2 Å². The highest BCUT2D eigenvalue weighted by atomic mass is 16.1. The standard InChI is InChI=1S/C21H22N8O/c1-28-13-19(26-27-28)14-2-3-15-10-23-21(25-18(15)8-14)9-20(30)16-11-24-29(12-16)17-4-6-22-7-5-17/h2-3,8,10-13,17,22H,4-7,9H2,1H3. The molecule has 1 fully saturated rings. The lowest BCUT2D eigenvalue weighted by molar-refractivity contribution is 0.0990. The third-order valence-electron chi connectivity index (χ3n) is 5.46. The Hall–Kier alpha value is -3.46. The summed E-state index contributed by atoms with van der Waals surface area (Å²) in [7, 11) is 1.83. The van der Waals surface area contributed by atoms with Crippen molar-refractivity contribution in [2.45, 2.75) is 25.3 Å². The number of hydrogen-bond donors (Lipinski definition) is 1. The Labute approximate surface area is 173 Å². The summed E-state index contributed by atoms with van der Waals surface area (Å²) in [6.45, 7) is 1.96. The Balaban J connectivity index is 1.35. The average Bonchev–Trinajstić information content (AvgIpc) is 3.43. The molecule has 3 aromatic heterocycles. The molecule has 1 N–H and O–H groups in total. The van der Waals surface area contributed by atoms with Gasteiger partial charge in [-0.25, -0.2) is 9.97 Å². The van der Waals surface area contributed by atoms with Crippen LogP contribution in [-0.2, 0) is 13.5 Å². The van der Waals surface area contributed by atoms with Crippen LogP contribution in [0.15, 0.2) is 43.0 Å². The number of carbonyl (C=O) groups excluding carboxylic acids is 1. The average molecular weight is 402 g/mol. The second-order valence-corrected chi connectivity index (χ2v) is 7.63. The molecule has 0 spiro atoms. The van der Waals surface area contributed by atoms with E-state index >= 15 is 0 Å². The van der Waals surface area contributed by atoms with Crippen LogP contribution in [0.4, 0.5) is 0 Å². The van der Waals surface area contributed by atoms with Crippen molar-refractivity contribution in [3.05, 3.63) is 54.4 Å². The molecule has 152 valence electrons. The molecule has 1 saturated heterocycles. The van der Waals surface area contributed by atoms with Crippen molar-refractivity contribution in [3.63, 3.8) is 0 Å². The number of aromatic nitrogens is 7. The van der Waals surface area contributed by atoms with Crippen LogP contribution in [0, 0.1) is 0 Å². The normalized spacial score (nSPS) is 15.0. The summed E-state index contributed by atoms with van der Waals surface area (Å²) in [6.07, 6.45) is 9.30. The van der Waals surface area contributed by atoms with Crippen molar-refractivity contribution in [1.82, 2.24) is 40.1 Å². The van der Waals surface area contributed by atoms with Crippen LogP contribution in [-0.4, -0.2) is 53.6 Å². The zero-order valence-corrected chi connectivity index (χ0v) is 16.7.